The van der Waals surface area contributed by atoms with Crippen LogP contribution in [0.2, 0.25) is 0 Å². The van der Waals surface area contributed by atoms with Crippen molar-refractivity contribution in [3.8, 4) is 0 Å². The summed E-state index contributed by atoms with van der Waals surface area (Å²) >= 11 is 0. The van der Waals surface area contributed by atoms with Crippen molar-refractivity contribution in [3.05, 3.63) is 18.0 Å². The number of hydrogen-bond donors (Lipinski definition) is 0. The average molecular weight is 292 g/mol. The van der Waals surface area contributed by atoms with E-state index < -0.39 is 36.7 Å². The summed E-state index contributed by atoms with van der Waals surface area (Å²) in [5, 5.41) is 3.72. The molecule has 0 bridgehead atoms. The smallest absolute Gasteiger partial charge is 0.392 e. The molecule has 0 unspecified atom stereocenters. The third-order valence-electron chi connectivity index (χ3n) is 2.64. The fraction of sp³-hybridized carbons (Fsp3) is 0.583. The Balaban J connectivity index is 2.75. The SMILES string of the molecule is CCOC(=O)C[C@H](CC(=O)c1cnn(C)c1)C(F)(F)F. The first-order valence-corrected chi connectivity index (χ1v) is 5.98. The molecule has 0 saturated carbocycles. The van der Waals surface area contributed by atoms with Gasteiger partial charge in [-0.05, 0) is 6.92 Å². The number of rotatable bonds is 6. The molecule has 0 fully saturated rings. The van der Waals surface area contributed by atoms with E-state index in [1.54, 1.807) is 7.05 Å². The molecule has 0 spiro atoms. The number of carbonyl (C=O) groups excluding carboxylic acids is 2. The van der Waals surface area contributed by atoms with Crippen molar-refractivity contribution in [2.45, 2.75) is 25.9 Å². The van der Waals surface area contributed by atoms with Gasteiger partial charge < -0.3 is 4.74 Å². The Morgan fingerprint density at radius 2 is 2.05 bits per heavy atom. The van der Waals surface area contributed by atoms with Crippen molar-refractivity contribution >= 4 is 11.8 Å². The molecular weight excluding hydrogens is 277 g/mol. The number of Topliss-reactive ketones (excluding diaryl/α,β-unsaturated/α-hetero) is 1. The van der Waals surface area contributed by atoms with Crippen molar-refractivity contribution < 1.29 is 27.5 Å². The van der Waals surface area contributed by atoms with Gasteiger partial charge in [-0.1, -0.05) is 0 Å². The van der Waals surface area contributed by atoms with Gasteiger partial charge in [-0.25, -0.2) is 0 Å². The zero-order chi connectivity index (χ0) is 15.3. The molecule has 0 aromatic carbocycles. The highest BCUT2D eigenvalue weighted by Gasteiger charge is 2.42. The number of halogens is 3. The number of aryl methyl sites for hydroxylation is 1. The van der Waals surface area contributed by atoms with Crippen LogP contribution in [-0.2, 0) is 16.6 Å². The summed E-state index contributed by atoms with van der Waals surface area (Å²) in [6, 6.07) is 0. The Morgan fingerprint density at radius 3 is 2.50 bits per heavy atom. The summed E-state index contributed by atoms with van der Waals surface area (Å²) in [4.78, 5) is 22.9. The predicted molar refractivity (Wildman–Crippen MR) is 63.0 cm³/mol. The van der Waals surface area contributed by atoms with Crippen molar-refractivity contribution in [1.29, 1.82) is 0 Å². The van der Waals surface area contributed by atoms with Gasteiger partial charge in [0.25, 0.3) is 0 Å². The van der Waals surface area contributed by atoms with E-state index in [9.17, 15) is 22.8 Å². The normalized spacial score (nSPS) is 13.1. The predicted octanol–water partition coefficient (Wildman–Crippen LogP) is 2.12. The van der Waals surface area contributed by atoms with Gasteiger partial charge in [0, 0.05) is 19.7 Å². The zero-order valence-corrected chi connectivity index (χ0v) is 11.1. The summed E-state index contributed by atoms with van der Waals surface area (Å²) in [5.74, 6) is -3.72. The van der Waals surface area contributed by atoms with Crippen LogP contribution in [-0.4, -0.2) is 34.3 Å². The van der Waals surface area contributed by atoms with E-state index in [1.807, 2.05) is 0 Å². The minimum absolute atomic E-state index is 0.0000375. The van der Waals surface area contributed by atoms with Gasteiger partial charge in [0.2, 0.25) is 0 Å². The second kappa shape index (κ2) is 6.53. The van der Waals surface area contributed by atoms with Crippen LogP contribution in [0, 0.1) is 5.92 Å². The van der Waals surface area contributed by atoms with Crippen LogP contribution >= 0.6 is 0 Å². The summed E-state index contributed by atoms with van der Waals surface area (Å²) in [7, 11) is 1.55. The Morgan fingerprint density at radius 1 is 1.40 bits per heavy atom. The van der Waals surface area contributed by atoms with Gasteiger partial charge in [-0.3, -0.25) is 14.3 Å². The maximum absolute atomic E-state index is 12.8. The third kappa shape index (κ3) is 4.67. The lowest BCUT2D eigenvalue weighted by atomic mass is 9.96. The fourth-order valence-corrected chi connectivity index (χ4v) is 1.63. The molecule has 1 heterocycles. The molecule has 5 nitrogen and oxygen atoms in total. The lowest BCUT2D eigenvalue weighted by molar-refractivity contribution is -0.183. The summed E-state index contributed by atoms with van der Waals surface area (Å²) < 4.78 is 44.3. The molecule has 1 aromatic rings. The number of ether oxygens (including phenoxy) is 1. The maximum Gasteiger partial charge on any atom is 0.392 e. The molecule has 0 radical (unpaired) electrons. The van der Waals surface area contributed by atoms with E-state index in [-0.39, 0.29) is 12.2 Å². The van der Waals surface area contributed by atoms with Gasteiger partial charge in [-0.2, -0.15) is 18.3 Å². The largest absolute Gasteiger partial charge is 0.466 e. The average Bonchev–Trinajstić information content (AvgIpc) is 2.74. The standard InChI is InChI=1S/C12H15F3N2O3/c1-3-20-11(19)5-9(12(13,14)15)4-10(18)8-6-16-17(2)7-8/h6-7,9H,3-5H2,1-2H3/t9-/m0/s1. The molecule has 0 amide bonds. The molecule has 112 valence electrons. The topological polar surface area (TPSA) is 61.2 Å². The summed E-state index contributed by atoms with van der Waals surface area (Å²) in [6.45, 7) is 1.50. The van der Waals surface area contributed by atoms with Gasteiger partial charge in [0.05, 0.1) is 30.7 Å². The molecule has 0 N–H and O–H groups in total. The first kappa shape index (κ1) is 16.2. The van der Waals surface area contributed by atoms with E-state index in [1.165, 1.54) is 24.0 Å². The molecule has 0 aliphatic rings. The number of alkyl halides is 3. The molecular formula is C12H15F3N2O3. The first-order chi connectivity index (χ1) is 9.24. The molecule has 1 aromatic heterocycles. The van der Waals surface area contributed by atoms with Gasteiger partial charge in [0.15, 0.2) is 5.78 Å². The fourth-order valence-electron chi connectivity index (χ4n) is 1.63. The number of esters is 1. The Kier molecular flexibility index (Phi) is 5.29. The first-order valence-electron chi connectivity index (χ1n) is 5.98. The van der Waals surface area contributed by atoms with Crippen LogP contribution in [0.25, 0.3) is 0 Å². The van der Waals surface area contributed by atoms with Crippen LogP contribution in [0.1, 0.15) is 30.1 Å². The van der Waals surface area contributed by atoms with Crippen molar-refractivity contribution in [3.63, 3.8) is 0 Å². The number of hydrogen-bond acceptors (Lipinski definition) is 4. The van der Waals surface area contributed by atoms with Crippen LogP contribution in [0.4, 0.5) is 13.2 Å². The summed E-state index contributed by atoms with van der Waals surface area (Å²) in [5.41, 5.74) is 0.0885. The van der Waals surface area contributed by atoms with Crippen molar-refractivity contribution in [2.75, 3.05) is 6.61 Å². The number of nitrogens with zero attached hydrogens (tertiary/aromatic N) is 2. The summed E-state index contributed by atoms with van der Waals surface area (Å²) in [6.07, 6.45) is -3.76. The molecule has 0 aliphatic carbocycles. The van der Waals surface area contributed by atoms with Crippen LogP contribution < -0.4 is 0 Å². The molecule has 1 rings (SSSR count). The lowest BCUT2D eigenvalue weighted by Crippen LogP contribution is -2.28. The van der Waals surface area contributed by atoms with Crippen LogP contribution in [0.15, 0.2) is 12.4 Å². The highest BCUT2D eigenvalue weighted by Crippen LogP contribution is 2.32. The minimum Gasteiger partial charge on any atom is -0.466 e. The number of carbonyl (C=O) groups is 2. The Labute approximate surface area is 113 Å². The van der Waals surface area contributed by atoms with E-state index in [0.29, 0.717) is 0 Å². The van der Waals surface area contributed by atoms with Gasteiger partial charge in [0.1, 0.15) is 0 Å². The van der Waals surface area contributed by atoms with E-state index >= 15 is 0 Å². The minimum atomic E-state index is -4.63. The Hall–Kier alpha value is -1.86. The van der Waals surface area contributed by atoms with Gasteiger partial charge >= 0.3 is 12.1 Å². The number of ketones is 1. The lowest BCUT2D eigenvalue weighted by Gasteiger charge is -2.18. The van der Waals surface area contributed by atoms with Gasteiger partial charge in [-0.15, -0.1) is 0 Å². The molecule has 20 heavy (non-hydrogen) atoms. The second-order valence-electron chi connectivity index (χ2n) is 4.28. The van der Waals surface area contributed by atoms with Crippen molar-refractivity contribution in [2.24, 2.45) is 13.0 Å². The quantitative estimate of drug-likeness (QED) is 0.595. The van der Waals surface area contributed by atoms with E-state index in [2.05, 4.69) is 9.84 Å². The molecule has 0 aliphatic heterocycles. The second-order valence-corrected chi connectivity index (χ2v) is 4.28. The van der Waals surface area contributed by atoms with E-state index in [4.69, 9.17) is 0 Å². The highest BCUT2D eigenvalue weighted by molar-refractivity contribution is 5.96. The monoisotopic (exact) mass is 292 g/mol. The molecule has 1 atom stereocenters. The van der Waals surface area contributed by atoms with Crippen LogP contribution in [0.5, 0.6) is 0 Å². The zero-order valence-electron chi connectivity index (χ0n) is 11.1. The molecule has 0 saturated heterocycles. The van der Waals surface area contributed by atoms with Crippen LogP contribution in [0.3, 0.4) is 0 Å². The highest BCUT2D eigenvalue weighted by atomic mass is 19.4. The third-order valence-corrected chi connectivity index (χ3v) is 2.64. The number of aromatic nitrogens is 2. The van der Waals surface area contributed by atoms with Crippen molar-refractivity contribution in [1.82, 2.24) is 9.78 Å². The maximum atomic E-state index is 12.8. The van der Waals surface area contributed by atoms with E-state index in [0.717, 1.165) is 0 Å². The molecule has 8 heteroatoms. The Bertz CT molecular complexity index is 483.